The Morgan fingerprint density at radius 2 is 2.00 bits per heavy atom. The van der Waals surface area contributed by atoms with Gasteiger partial charge < -0.3 is 9.73 Å². The number of rotatable bonds is 3. The van der Waals surface area contributed by atoms with Crippen LogP contribution in [0.15, 0.2) is 70.1 Å². The third-order valence-electron chi connectivity index (χ3n) is 3.47. The van der Waals surface area contributed by atoms with Crippen LogP contribution in [0, 0.1) is 0 Å². The van der Waals surface area contributed by atoms with Gasteiger partial charge in [-0.2, -0.15) is 0 Å². The van der Waals surface area contributed by atoms with Crippen molar-refractivity contribution in [3.05, 3.63) is 71.5 Å². The highest BCUT2D eigenvalue weighted by Crippen LogP contribution is 2.21. The topological polar surface area (TPSA) is 72.4 Å². The van der Waals surface area contributed by atoms with Crippen molar-refractivity contribution < 1.29 is 9.21 Å². The van der Waals surface area contributed by atoms with Gasteiger partial charge in [0, 0.05) is 29.8 Å². The molecule has 3 heterocycles. The number of furan rings is 1. The number of hydrogen-bond acceptors (Lipinski definition) is 4. The summed E-state index contributed by atoms with van der Waals surface area (Å²) in [5.41, 5.74) is 2.44. The molecule has 0 atom stereocenters. The summed E-state index contributed by atoms with van der Waals surface area (Å²) < 4.78 is 7.61. The molecule has 3 aromatic heterocycles. The standard InChI is InChI=1S/C17H11BrN4O2/c18-15-7-6-14(24-15)16(23)20-12-4-2-11(3-5-12)13-10-22-9-1-8-19-17(22)21-13/h1-10H,(H,20,23). The van der Waals surface area contributed by atoms with E-state index in [0.29, 0.717) is 16.1 Å². The number of halogens is 1. The quantitative estimate of drug-likeness (QED) is 0.580. The molecule has 7 heteroatoms. The maximum absolute atomic E-state index is 12.1. The van der Waals surface area contributed by atoms with Crippen LogP contribution < -0.4 is 5.32 Å². The first-order valence-corrected chi connectivity index (χ1v) is 7.95. The fraction of sp³-hybridized carbons (Fsp3) is 0. The smallest absolute Gasteiger partial charge is 0.291 e. The second-order valence-electron chi connectivity index (χ2n) is 5.09. The van der Waals surface area contributed by atoms with Crippen LogP contribution >= 0.6 is 15.9 Å². The highest BCUT2D eigenvalue weighted by atomic mass is 79.9. The van der Waals surface area contributed by atoms with Crippen LogP contribution in [0.1, 0.15) is 10.6 Å². The Bertz CT molecular complexity index is 987. The lowest BCUT2D eigenvalue weighted by Crippen LogP contribution is -2.10. The lowest BCUT2D eigenvalue weighted by Gasteiger charge is -2.04. The number of amides is 1. The minimum absolute atomic E-state index is 0.248. The average molecular weight is 383 g/mol. The zero-order valence-corrected chi connectivity index (χ0v) is 13.9. The van der Waals surface area contributed by atoms with Gasteiger partial charge in [-0.05, 0) is 46.3 Å². The Morgan fingerprint density at radius 1 is 1.17 bits per heavy atom. The molecule has 0 aliphatic carbocycles. The van der Waals surface area contributed by atoms with Gasteiger partial charge in [0.15, 0.2) is 10.4 Å². The average Bonchev–Trinajstić information content (AvgIpc) is 3.21. The minimum Gasteiger partial charge on any atom is -0.444 e. The molecule has 0 radical (unpaired) electrons. The predicted octanol–water partition coefficient (Wildman–Crippen LogP) is 4.00. The van der Waals surface area contributed by atoms with Crippen LogP contribution in [0.4, 0.5) is 5.69 Å². The third-order valence-corrected chi connectivity index (χ3v) is 3.90. The summed E-state index contributed by atoms with van der Waals surface area (Å²) in [5.74, 6) is 0.594. The fourth-order valence-corrected chi connectivity index (χ4v) is 2.63. The van der Waals surface area contributed by atoms with E-state index in [0.717, 1.165) is 11.3 Å². The van der Waals surface area contributed by atoms with E-state index in [2.05, 4.69) is 31.2 Å². The first-order chi connectivity index (χ1) is 11.7. The molecule has 4 rings (SSSR count). The van der Waals surface area contributed by atoms with E-state index in [-0.39, 0.29) is 11.7 Å². The van der Waals surface area contributed by atoms with Crippen LogP contribution in [-0.2, 0) is 0 Å². The predicted molar refractivity (Wildman–Crippen MR) is 92.8 cm³/mol. The number of carbonyl (C=O) groups is 1. The number of nitrogens with zero attached hydrogens (tertiary/aromatic N) is 3. The van der Waals surface area contributed by atoms with Crippen LogP contribution in [0.2, 0.25) is 0 Å². The molecule has 4 aromatic rings. The van der Waals surface area contributed by atoms with Gasteiger partial charge in [-0.3, -0.25) is 9.20 Å². The molecule has 0 saturated carbocycles. The van der Waals surface area contributed by atoms with E-state index in [1.807, 2.05) is 47.1 Å². The first kappa shape index (κ1) is 14.6. The summed E-state index contributed by atoms with van der Waals surface area (Å²) in [5, 5.41) is 2.79. The molecule has 0 unspecified atom stereocenters. The molecule has 1 N–H and O–H groups in total. The van der Waals surface area contributed by atoms with Gasteiger partial charge in [-0.25, -0.2) is 9.97 Å². The van der Waals surface area contributed by atoms with E-state index < -0.39 is 0 Å². The SMILES string of the molecule is O=C(Nc1ccc(-c2cn3cccnc3n2)cc1)c1ccc(Br)o1. The van der Waals surface area contributed by atoms with Crippen molar-refractivity contribution in [2.45, 2.75) is 0 Å². The number of aromatic nitrogens is 3. The number of imidazole rings is 1. The van der Waals surface area contributed by atoms with Crippen LogP contribution in [-0.4, -0.2) is 20.3 Å². The molecule has 0 fully saturated rings. The molecular weight excluding hydrogens is 372 g/mol. The van der Waals surface area contributed by atoms with Gasteiger partial charge in [0.05, 0.1) is 5.69 Å². The Kier molecular flexibility index (Phi) is 3.62. The molecular formula is C17H11BrN4O2. The minimum atomic E-state index is -0.301. The molecule has 0 bridgehead atoms. The molecule has 0 aliphatic rings. The monoisotopic (exact) mass is 382 g/mol. The maximum Gasteiger partial charge on any atom is 0.291 e. The number of hydrogen-bond donors (Lipinski definition) is 1. The summed E-state index contributed by atoms with van der Waals surface area (Å²) in [4.78, 5) is 20.7. The van der Waals surface area contributed by atoms with Crippen LogP contribution in [0.3, 0.4) is 0 Å². The van der Waals surface area contributed by atoms with Gasteiger partial charge in [0.2, 0.25) is 5.78 Å². The second kappa shape index (κ2) is 5.93. The molecule has 0 aliphatic heterocycles. The highest BCUT2D eigenvalue weighted by Gasteiger charge is 2.11. The normalized spacial score (nSPS) is 10.9. The van der Waals surface area contributed by atoms with E-state index >= 15 is 0 Å². The first-order valence-electron chi connectivity index (χ1n) is 7.16. The summed E-state index contributed by atoms with van der Waals surface area (Å²) in [6, 6.07) is 12.6. The highest BCUT2D eigenvalue weighted by molar-refractivity contribution is 9.10. The van der Waals surface area contributed by atoms with Crippen LogP contribution in [0.5, 0.6) is 0 Å². The number of fused-ring (bicyclic) bond motifs is 1. The maximum atomic E-state index is 12.1. The lowest BCUT2D eigenvalue weighted by molar-refractivity contribution is 0.0995. The van der Waals surface area contributed by atoms with Gasteiger partial charge in [-0.15, -0.1) is 0 Å². The second-order valence-corrected chi connectivity index (χ2v) is 5.87. The Labute approximate surface area is 145 Å². The van der Waals surface area contributed by atoms with Crippen molar-refractivity contribution in [2.75, 3.05) is 5.32 Å². The van der Waals surface area contributed by atoms with E-state index in [4.69, 9.17) is 4.42 Å². The zero-order chi connectivity index (χ0) is 16.5. The molecule has 0 saturated heterocycles. The molecule has 1 aromatic carbocycles. The summed E-state index contributed by atoms with van der Waals surface area (Å²) in [6.07, 6.45) is 5.52. The largest absolute Gasteiger partial charge is 0.444 e. The van der Waals surface area contributed by atoms with Gasteiger partial charge in [0.25, 0.3) is 5.91 Å². The molecule has 118 valence electrons. The van der Waals surface area contributed by atoms with Crippen molar-refractivity contribution in [1.82, 2.24) is 14.4 Å². The number of nitrogens with one attached hydrogen (secondary N) is 1. The number of anilines is 1. The Balaban J connectivity index is 1.55. The van der Waals surface area contributed by atoms with Gasteiger partial charge in [0.1, 0.15) is 0 Å². The zero-order valence-electron chi connectivity index (χ0n) is 12.3. The van der Waals surface area contributed by atoms with E-state index in [1.165, 1.54) is 0 Å². The molecule has 0 spiro atoms. The van der Waals surface area contributed by atoms with Crippen molar-refractivity contribution in [3.63, 3.8) is 0 Å². The fourth-order valence-electron chi connectivity index (χ4n) is 2.32. The van der Waals surface area contributed by atoms with E-state index in [1.54, 1.807) is 18.3 Å². The van der Waals surface area contributed by atoms with E-state index in [9.17, 15) is 4.79 Å². The summed E-state index contributed by atoms with van der Waals surface area (Å²) in [6.45, 7) is 0. The van der Waals surface area contributed by atoms with Crippen molar-refractivity contribution in [3.8, 4) is 11.3 Å². The van der Waals surface area contributed by atoms with Crippen molar-refractivity contribution in [1.29, 1.82) is 0 Å². The summed E-state index contributed by atoms with van der Waals surface area (Å²) >= 11 is 3.18. The number of benzene rings is 1. The Morgan fingerprint density at radius 3 is 2.71 bits per heavy atom. The third kappa shape index (κ3) is 2.81. The summed E-state index contributed by atoms with van der Waals surface area (Å²) in [7, 11) is 0. The van der Waals surface area contributed by atoms with Gasteiger partial charge in [-0.1, -0.05) is 12.1 Å². The van der Waals surface area contributed by atoms with Crippen LogP contribution in [0.25, 0.3) is 17.0 Å². The van der Waals surface area contributed by atoms with Gasteiger partial charge >= 0.3 is 0 Å². The Hall–Kier alpha value is -2.93. The molecule has 1 amide bonds. The molecule has 6 nitrogen and oxygen atoms in total. The van der Waals surface area contributed by atoms with Crippen molar-refractivity contribution in [2.24, 2.45) is 0 Å². The van der Waals surface area contributed by atoms with Crippen molar-refractivity contribution >= 4 is 33.3 Å². The number of carbonyl (C=O) groups excluding carboxylic acids is 1. The molecule has 24 heavy (non-hydrogen) atoms. The lowest BCUT2D eigenvalue weighted by atomic mass is 10.1.